The molecule has 0 saturated heterocycles. The lowest BCUT2D eigenvalue weighted by Crippen LogP contribution is -2.28. The smallest absolute Gasteiger partial charge is 0.319 e. The van der Waals surface area contributed by atoms with Crippen LogP contribution in [-0.4, -0.2) is 22.7 Å². The summed E-state index contributed by atoms with van der Waals surface area (Å²) in [6.45, 7) is 0.385. The fourth-order valence-electron chi connectivity index (χ4n) is 2.06. The van der Waals surface area contributed by atoms with Gasteiger partial charge < -0.3 is 15.4 Å². The second kappa shape index (κ2) is 6.40. The summed E-state index contributed by atoms with van der Waals surface area (Å²) in [6.07, 6.45) is 0. The second-order valence-electron chi connectivity index (χ2n) is 4.57. The predicted molar refractivity (Wildman–Crippen MR) is 86.3 cm³/mol. The third-order valence-corrected chi connectivity index (χ3v) is 3.84. The van der Waals surface area contributed by atoms with Crippen LogP contribution in [0.1, 0.15) is 5.56 Å². The third kappa shape index (κ3) is 3.15. The zero-order valence-corrected chi connectivity index (χ0v) is 12.7. The number of ether oxygens (including phenoxy) is 1. The number of aromatic nitrogens is 2. The lowest BCUT2D eigenvalue weighted by Gasteiger charge is -2.10. The number of anilines is 1. The van der Waals surface area contributed by atoms with Crippen LogP contribution >= 0.6 is 11.5 Å². The Morgan fingerprint density at radius 3 is 3.00 bits per heavy atom. The van der Waals surface area contributed by atoms with Gasteiger partial charge >= 0.3 is 6.03 Å². The Morgan fingerprint density at radius 1 is 1.27 bits per heavy atom. The first-order valence-corrected chi connectivity index (χ1v) is 7.42. The largest absolute Gasteiger partial charge is 0.496 e. The van der Waals surface area contributed by atoms with Crippen molar-refractivity contribution in [2.45, 2.75) is 6.54 Å². The van der Waals surface area contributed by atoms with E-state index < -0.39 is 0 Å². The predicted octanol–water partition coefficient (Wildman–Crippen LogP) is 3.02. The van der Waals surface area contributed by atoms with E-state index in [9.17, 15) is 4.79 Å². The summed E-state index contributed by atoms with van der Waals surface area (Å²) in [7, 11) is 1.61. The van der Waals surface area contributed by atoms with E-state index in [1.807, 2.05) is 36.4 Å². The second-order valence-corrected chi connectivity index (χ2v) is 5.36. The third-order valence-electron chi connectivity index (χ3n) is 3.14. The van der Waals surface area contributed by atoms with E-state index in [4.69, 9.17) is 4.74 Å². The van der Waals surface area contributed by atoms with Crippen LogP contribution in [0.15, 0.2) is 42.5 Å². The van der Waals surface area contributed by atoms with Gasteiger partial charge in [0, 0.05) is 17.8 Å². The van der Waals surface area contributed by atoms with Crippen LogP contribution < -0.4 is 15.4 Å². The zero-order chi connectivity index (χ0) is 15.4. The molecule has 0 unspecified atom stereocenters. The molecular formula is C15H14N4O2S. The number of fused-ring (bicyclic) bond motifs is 1. The lowest BCUT2D eigenvalue weighted by molar-refractivity contribution is 0.251. The molecule has 0 aliphatic carbocycles. The summed E-state index contributed by atoms with van der Waals surface area (Å²) in [5, 5.41) is 9.56. The Bertz CT molecular complexity index is 803. The molecule has 3 rings (SSSR count). The molecule has 0 spiro atoms. The number of nitrogens with zero attached hydrogens (tertiary/aromatic N) is 2. The molecule has 0 radical (unpaired) electrons. The molecule has 22 heavy (non-hydrogen) atoms. The molecule has 1 aromatic heterocycles. The van der Waals surface area contributed by atoms with E-state index in [0.29, 0.717) is 12.2 Å². The van der Waals surface area contributed by atoms with Gasteiger partial charge in [-0.25, -0.2) is 4.79 Å². The first-order chi connectivity index (χ1) is 10.8. The molecule has 0 aliphatic rings. The molecule has 2 amide bonds. The standard InChI is InChI=1S/C15H14N4O2S/c1-21-13-5-3-2-4-10(13)9-16-15(20)17-11-6-7-14-12(8-11)18-19-22-14/h2-8H,9H2,1H3,(H2,16,17,20). The summed E-state index contributed by atoms with van der Waals surface area (Å²) in [5.74, 6) is 0.748. The summed E-state index contributed by atoms with van der Waals surface area (Å²) in [6, 6.07) is 12.8. The zero-order valence-electron chi connectivity index (χ0n) is 11.9. The Labute approximate surface area is 131 Å². The van der Waals surface area contributed by atoms with Gasteiger partial charge in [-0.15, -0.1) is 5.10 Å². The van der Waals surface area contributed by atoms with Crippen molar-refractivity contribution in [3.05, 3.63) is 48.0 Å². The van der Waals surface area contributed by atoms with Crippen LogP contribution in [0.5, 0.6) is 5.75 Å². The molecule has 112 valence electrons. The van der Waals surface area contributed by atoms with Crippen molar-refractivity contribution in [2.75, 3.05) is 12.4 Å². The van der Waals surface area contributed by atoms with Crippen molar-refractivity contribution in [2.24, 2.45) is 0 Å². The first kappa shape index (κ1) is 14.3. The van der Waals surface area contributed by atoms with Gasteiger partial charge in [-0.3, -0.25) is 0 Å². The van der Waals surface area contributed by atoms with Gasteiger partial charge in [-0.1, -0.05) is 22.7 Å². The van der Waals surface area contributed by atoms with E-state index >= 15 is 0 Å². The molecule has 2 N–H and O–H groups in total. The molecule has 0 bridgehead atoms. The normalized spacial score (nSPS) is 10.4. The van der Waals surface area contributed by atoms with E-state index in [2.05, 4.69) is 20.2 Å². The van der Waals surface area contributed by atoms with Gasteiger partial charge in [0.05, 0.1) is 11.8 Å². The van der Waals surface area contributed by atoms with Gasteiger partial charge in [-0.2, -0.15) is 0 Å². The van der Waals surface area contributed by atoms with Gasteiger partial charge in [0.1, 0.15) is 11.3 Å². The van der Waals surface area contributed by atoms with E-state index in [0.717, 1.165) is 21.5 Å². The summed E-state index contributed by atoms with van der Waals surface area (Å²) in [4.78, 5) is 12.0. The Morgan fingerprint density at radius 2 is 2.14 bits per heavy atom. The summed E-state index contributed by atoms with van der Waals surface area (Å²) in [5.41, 5.74) is 2.37. The minimum atomic E-state index is -0.284. The number of rotatable bonds is 4. The fraction of sp³-hybridized carbons (Fsp3) is 0.133. The van der Waals surface area contributed by atoms with Crippen LogP contribution in [0.25, 0.3) is 10.2 Å². The molecule has 0 atom stereocenters. The highest BCUT2D eigenvalue weighted by molar-refractivity contribution is 7.12. The van der Waals surface area contributed by atoms with Crippen molar-refractivity contribution >= 4 is 33.5 Å². The number of nitrogens with one attached hydrogen (secondary N) is 2. The maximum absolute atomic E-state index is 12.0. The lowest BCUT2D eigenvalue weighted by atomic mass is 10.2. The number of hydrogen-bond acceptors (Lipinski definition) is 5. The van der Waals surface area contributed by atoms with Gasteiger partial charge in [-0.05, 0) is 35.8 Å². The molecule has 3 aromatic rings. The monoisotopic (exact) mass is 314 g/mol. The average molecular weight is 314 g/mol. The number of carbonyl (C=O) groups is 1. The fourth-order valence-corrected chi connectivity index (χ4v) is 2.60. The highest BCUT2D eigenvalue weighted by Gasteiger charge is 2.06. The SMILES string of the molecule is COc1ccccc1CNC(=O)Nc1ccc2snnc2c1. The maximum Gasteiger partial charge on any atom is 0.319 e. The Hall–Kier alpha value is -2.67. The number of amides is 2. The minimum Gasteiger partial charge on any atom is -0.496 e. The molecule has 2 aromatic carbocycles. The number of benzene rings is 2. The average Bonchev–Trinajstić information content (AvgIpc) is 3.01. The molecule has 6 nitrogen and oxygen atoms in total. The topological polar surface area (TPSA) is 76.1 Å². The van der Waals surface area contributed by atoms with Crippen LogP contribution in [-0.2, 0) is 6.54 Å². The molecule has 0 aliphatic heterocycles. The van der Waals surface area contributed by atoms with Crippen LogP contribution in [0.2, 0.25) is 0 Å². The Kier molecular flexibility index (Phi) is 4.15. The molecular weight excluding hydrogens is 300 g/mol. The highest BCUT2D eigenvalue weighted by Crippen LogP contribution is 2.20. The van der Waals surface area contributed by atoms with Crippen molar-refractivity contribution in [1.82, 2.24) is 14.9 Å². The van der Waals surface area contributed by atoms with Crippen LogP contribution in [0.3, 0.4) is 0 Å². The maximum atomic E-state index is 12.0. The molecule has 7 heteroatoms. The number of carbonyl (C=O) groups excluding carboxylic acids is 1. The van der Waals surface area contributed by atoms with Crippen molar-refractivity contribution < 1.29 is 9.53 Å². The highest BCUT2D eigenvalue weighted by atomic mass is 32.1. The van der Waals surface area contributed by atoms with E-state index in [1.54, 1.807) is 13.2 Å². The van der Waals surface area contributed by atoms with Crippen LogP contribution in [0, 0.1) is 0 Å². The molecule has 0 fully saturated rings. The van der Waals surface area contributed by atoms with Crippen molar-refractivity contribution in [3.8, 4) is 5.75 Å². The molecule has 0 saturated carbocycles. The van der Waals surface area contributed by atoms with Gasteiger partial charge in [0.15, 0.2) is 0 Å². The number of para-hydroxylation sites is 1. The number of hydrogen-bond donors (Lipinski definition) is 2. The first-order valence-electron chi connectivity index (χ1n) is 6.65. The summed E-state index contributed by atoms with van der Waals surface area (Å²) >= 11 is 1.32. The Balaban J connectivity index is 1.62. The molecule has 1 heterocycles. The van der Waals surface area contributed by atoms with E-state index in [1.165, 1.54) is 11.5 Å². The summed E-state index contributed by atoms with van der Waals surface area (Å²) < 4.78 is 10.1. The van der Waals surface area contributed by atoms with Gasteiger partial charge in [0.2, 0.25) is 0 Å². The number of urea groups is 1. The minimum absolute atomic E-state index is 0.284. The van der Waals surface area contributed by atoms with Crippen molar-refractivity contribution in [1.29, 1.82) is 0 Å². The number of methoxy groups -OCH3 is 1. The van der Waals surface area contributed by atoms with Crippen molar-refractivity contribution in [3.63, 3.8) is 0 Å². The van der Waals surface area contributed by atoms with Crippen LogP contribution in [0.4, 0.5) is 10.5 Å². The quantitative estimate of drug-likeness (QED) is 0.776. The van der Waals surface area contributed by atoms with E-state index in [-0.39, 0.29) is 6.03 Å². The van der Waals surface area contributed by atoms with Gasteiger partial charge in [0.25, 0.3) is 0 Å².